The van der Waals surface area contributed by atoms with Crippen LogP contribution in [-0.2, 0) is 22.5 Å². The minimum absolute atomic E-state index is 0.0527. The molecular formula is C27H26FIN2O2. The smallest absolute Gasteiger partial charge is 0.150 e. The molecule has 2 heterocycles. The summed E-state index contributed by atoms with van der Waals surface area (Å²) in [6.07, 6.45) is 3.79. The molecule has 1 fully saturated rings. The van der Waals surface area contributed by atoms with Crippen LogP contribution in [-0.4, -0.2) is 23.0 Å². The molecule has 33 heavy (non-hydrogen) atoms. The van der Waals surface area contributed by atoms with Crippen LogP contribution in [0.15, 0.2) is 66.7 Å². The molecule has 1 atom stereocenters. The van der Waals surface area contributed by atoms with Crippen molar-refractivity contribution in [3.63, 3.8) is 0 Å². The molecule has 1 aromatic heterocycles. The van der Waals surface area contributed by atoms with Crippen LogP contribution >= 0.6 is 22.6 Å². The van der Waals surface area contributed by atoms with Gasteiger partial charge in [-0.1, -0.05) is 48.5 Å². The number of benzene rings is 3. The number of fused-ring (bicyclic) bond motifs is 1. The molecule has 5 rings (SSSR count). The SMILES string of the molecule is Fc1cc(CCOCc2ccccc2)ccc1-c1ccc2c(I)nn(C3CCCCO3)c2c1. The predicted molar refractivity (Wildman–Crippen MR) is 136 cm³/mol. The molecule has 0 N–H and O–H groups in total. The summed E-state index contributed by atoms with van der Waals surface area (Å²) < 4.78 is 29.7. The highest BCUT2D eigenvalue weighted by Crippen LogP contribution is 2.33. The van der Waals surface area contributed by atoms with E-state index in [4.69, 9.17) is 14.6 Å². The van der Waals surface area contributed by atoms with Gasteiger partial charge in [0.15, 0.2) is 6.23 Å². The van der Waals surface area contributed by atoms with Crippen LogP contribution in [0, 0.1) is 9.52 Å². The summed E-state index contributed by atoms with van der Waals surface area (Å²) in [5, 5.41) is 5.79. The van der Waals surface area contributed by atoms with Crippen LogP contribution in [0.2, 0.25) is 0 Å². The quantitative estimate of drug-likeness (QED) is 0.184. The number of rotatable bonds is 7. The van der Waals surface area contributed by atoms with E-state index in [1.807, 2.05) is 65.3 Å². The first-order valence-corrected chi connectivity index (χ1v) is 12.5. The molecule has 1 saturated heterocycles. The number of halogens is 2. The van der Waals surface area contributed by atoms with Gasteiger partial charge in [0.25, 0.3) is 0 Å². The zero-order valence-electron chi connectivity index (χ0n) is 18.3. The van der Waals surface area contributed by atoms with Crippen molar-refractivity contribution in [2.24, 2.45) is 0 Å². The van der Waals surface area contributed by atoms with Crippen molar-refractivity contribution >= 4 is 33.5 Å². The fourth-order valence-corrected chi connectivity index (χ4v) is 4.99. The Labute approximate surface area is 206 Å². The first-order chi connectivity index (χ1) is 16.2. The first-order valence-electron chi connectivity index (χ1n) is 11.4. The largest absolute Gasteiger partial charge is 0.376 e. The minimum atomic E-state index is -0.218. The van der Waals surface area contributed by atoms with Crippen molar-refractivity contribution in [1.29, 1.82) is 0 Å². The predicted octanol–water partition coefficient (Wildman–Crippen LogP) is 6.91. The Balaban J connectivity index is 1.32. The second kappa shape index (κ2) is 10.3. The number of ether oxygens (including phenoxy) is 2. The fourth-order valence-electron chi connectivity index (χ4n) is 4.30. The number of nitrogens with zero attached hydrogens (tertiary/aromatic N) is 2. The number of hydrogen-bond donors (Lipinski definition) is 0. The van der Waals surface area contributed by atoms with Crippen LogP contribution in [0.4, 0.5) is 4.39 Å². The lowest BCUT2D eigenvalue weighted by Crippen LogP contribution is -2.19. The van der Waals surface area contributed by atoms with E-state index in [0.29, 0.717) is 25.2 Å². The molecule has 0 aliphatic carbocycles. The van der Waals surface area contributed by atoms with Gasteiger partial charge in [-0.3, -0.25) is 0 Å². The highest BCUT2D eigenvalue weighted by molar-refractivity contribution is 14.1. The van der Waals surface area contributed by atoms with Gasteiger partial charge in [0.05, 0.1) is 18.7 Å². The fraction of sp³-hybridized carbons (Fsp3) is 0.296. The van der Waals surface area contributed by atoms with Crippen molar-refractivity contribution in [2.45, 2.75) is 38.5 Å². The maximum absolute atomic E-state index is 15.1. The molecular weight excluding hydrogens is 530 g/mol. The van der Waals surface area contributed by atoms with E-state index in [9.17, 15) is 0 Å². The van der Waals surface area contributed by atoms with Gasteiger partial charge in [0, 0.05) is 17.6 Å². The van der Waals surface area contributed by atoms with Crippen molar-refractivity contribution in [1.82, 2.24) is 9.78 Å². The topological polar surface area (TPSA) is 36.3 Å². The number of aromatic nitrogens is 2. The van der Waals surface area contributed by atoms with Crippen LogP contribution in [0.25, 0.3) is 22.0 Å². The van der Waals surface area contributed by atoms with E-state index in [2.05, 4.69) is 22.6 Å². The molecule has 3 aromatic carbocycles. The number of hydrogen-bond acceptors (Lipinski definition) is 3. The second-order valence-corrected chi connectivity index (χ2v) is 9.41. The molecule has 4 aromatic rings. The molecule has 0 saturated carbocycles. The molecule has 0 bridgehead atoms. The molecule has 0 spiro atoms. The molecule has 4 nitrogen and oxygen atoms in total. The zero-order valence-corrected chi connectivity index (χ0v) is 20.5. The Hall–Kier alpha value is -2.29. The van der Waals surface area contributed by atoms with Crippen molar-refractivity contribution in [3.8, 4) is 11.1 Å². The van der Waals surface area contributed by atoms with E-state index < -0.39 is 0 Å². The summed E-state index contributed by atoms with van der Waals surface area (Å²) >= 11 is 2.26. The highest BCUT2D eigenvalue weighted by Gasteiger charge is 2.21. The summed E-state index contributed by atoms with van der Waals surface area (Å²) in [5.74, 6) is -0.218. The third kappa shape index (κ3) is 5.13. The van der Waals surface area contributed by atoms with Crippen LogP contribution in [0.1, 0.15) is 36.6 Å². The van der Waals surface area contributed by atoms with E-state index in [-0.39, 0.29) is 12.0 Å². The van der Waals surface area contributed by atoms with E-state index >= 15 is 4.39 Å². The van der Waals surface area contributed by atoms with Gasteiger partial charge in [-0.05, 0) is 83.2 Å². The molecule has 1 aliphatic heterocycles. The van der Waals surface area contributed by atoms with Gasteiger partial charge >= 0.3 is 0 Å². The van der Waals surface area contributed by atoms with E-state index in [0.717, 1.165) is 57.2 Å². The summed E-state index contributed by atoms with van der Waals surface area (Å²) in [5.41, 5.74) is 4.50. The lowest BCUT2D eigenvalue weighted by atomic mass is 10.0. The summed E-state index contributed by atoms with van der Waals surface area (Å²) in [4.78, 5) is 0. The Bertz CT molecular complexity index is 1240. The van der Waals surface area contributed by atoms with Gasteiger partial charge < -0.3 is 9.47 Å². The van der Waals surface area contributed by atoms with Crippen LogP contribution in [0.3, 0.4) is 0 Å². The highest BCUT2D eigenvalue weighted by atomic mass is 127. The average molecular weight is 556 g/mol. The second-order valence-electron chi connectivity index (χ2n) is 8.39. The van der Waals surface area contributed by atoms with Gasteiger partial charge in [-0.25, -0.2) is 9.07 Å². The lowest BCUT2D eigenvalue weighted by molar-refractivity contribution is -0.0368. The van der Waals surface area contributed by atoms with Crippen molar-refractivity contribution < 1.29 is 13.9 Å². The summed E-state index contributed by atoms with van der Waals surface area (Å²) in [6.45, 7) is 1.88. The van der Waals surface area contributed by atoms with Crippen LogP contribution < -0.4 is 0 Å². The third-order valence-corrected chi connectivity index (χ3v) is 6.88. The Morgan fingerprint density at radius 3 is 2.70 bits per heavy atom. The summed E-state index contributed by atoms with van der Waals surface area (Å²) in [7, 11) is 0. The minimum Gasteiger partial charge on any atom is -0.376 e. The van der Waals surface area contributed by atoms with Gasteiger partial charge in [-0.15, -0.1) is 0 Å². The lowest BCUT2D eigenvalue weighted by Gasteiger charge is -2.23. The zero-order chi connectivity index (χ0) is 22.6. The molecule has 1 unspecified atom stereocenters. The van der Waals surface area contributed by atoms with Gasteiger partial charge in [0.2, 0.25) is 0 Å². The maximum atomic E-state index is 15.1. The molecule has 1 aliphatic rings. The third-order valence-electron chi connectivity index (χ3n) is 6.08. The van der Waals surface area contributed by atoms with E-state index in [1.54, 1.807) is 6.07 Å². The average Bonchev–Trinajstić information content (AvgIpc) is 3.19. The van der Waals surface area contributed by atoms with Gasteiger partial charge in [0.1, 0.15) is 9.52 Å². The monoisotopic (exact) mass is 556 g/mol. The van der Waals surface area contributed by atoms with Gasteiger partial charge in [-0.2, -0.15) is 5.10 Å². The molecule has 6 heteroatoms. The van der Waals surface area contributed by atoms with Crippen molar-refractivity contribution in [2.75, 3.05) is 13.2 Å². The molecule has 0 amide bonds. The Morgan fingerprint density at radius 1 is 1.03 bits per heavy atom. The van der Waals surface area contributed by atoms with Crippen molar-refractivity contribution in [3.05, 3.63) is 87.4 Å². The first kappa shape index (κ1) is 22.5. The summed E-state index contributed by atoms with van der Waals surface area (Å²) in [6, 6.07) is 21.6. The Morgan fingerprint density at radius 2 is 1.91 bits per heavy atom. The maximum Gasteiger partial charge on any atom is 0.150 e. The normalized spacial score (nSPS) is 16.4. The standard InChI is InChI=1S/C27H26FIN2O2/c28-24-16-19(13-15-32-18-20-6-2-1-3-7-20)9-11-22(24)21-10-12-23-25(17-21)31(30-27(23)29)26-8-4-5-14-33-26/h1-3,6-7,9-12,16-17,26H,4-5,8,13-15,18H2. The van der Waals surface area contributed by atoms with Crippen LogP contribution in [0.5, 0.6) is 0 Å². The molecule has 0 radical (unpaired) electrons. The van der Waals surface area contributed by atoms with E-state index in [1.165, 1.54) is 0 Å². The Kier molecular flexibility index (Phi) is 7.04. The molecule has 170 valence electrons.